The van der Waals surface area contributed by atoms with Gasteiger partial charge in [0.1, 0.15) is 5.69 Å². The van der Waals surface area contributed by atoms with Crippen LogP contribution in [-0.2, 0) is 10.2 Å². The zero-order valence-electron chi connectivity index (χ0n) is 25.4. The van der Waals surface area contributed by atoms with Gasteiger partial charge in [-0.05, 0) is 99.8 Å². The Morgan fingerprint density at radius 2 is 1.68 bits per heavy atom. The van der Waals surface area contributed by atoms with Gasteiger partial charge in [0.25, 0.3) is 0 Å². The van der Waals surface area contributed by atoms with Crippen LogP contribution in [0.25, 0.3) is 33.5 Å². The van der Waals surface area contributed by atoms with E-state index in [1.54, 1.807) is 6.20 Å². The maximum Gasteiger partial charge on any atom is 0.157 e. The minimum atomic E-state index is 0.186. The minimum absolute atomic E-state index is 0.186. The SMILES string of the molecule is Cc1cc(Nc2ccc3nc(-c4ccc(Nc5cc(C)nc6ccc([C@@]78CCO[C@@H](C)C7(C)C8)cc56)cn4)[nH]c3c2)ccn1. The van der Waals surface area contributed by atoms with Crippen LogP contribution < -0.4 is 10.6 Å². The Balaban J connectivity index is 1.05. The molecule has 2 aromatic carbocycles. The summed E-state index contributed by atoms with van der Waals surface area (Å²) in [5, 5.41) is 8.20. The lowest BCUT2D eigenvalue weighted by molar-refractivity contribution is -0.0241. The molecule has 1 aliphatic heterocycles. The quantitative estimate of drug-likeness (QED) is 0.183. The maximum absolute atomic E-state index is 6.03. The molecule has 8 rings (SSSR count). The average Bonchev–Trinajstić information content (AvgIpc) is 3.46. The first kappa shape index (κ1) is 26.8. The molecule has 5 heterocycles. The van der Waals surface area contributed by atoms with E-state index in [1.165, 1.54) is 12.0 Å². The lowest BCUT2D eigenvalue weighted by Gasteiger charge is -2.34. The van der Waals surface area contributed by atoms with E-state index in [0.29, 0.717) is 0 Å². The molecule has 1 saturated carbocycles. The van der Waals surface area contributed by atoms with Crippen molar-refractivity contribution in [2.24, 2.45) is 5.41 Å². The topological polar surface area (TPSA) is 101 Å². The number of aromatic amines is 1. The highest BCUT2D eigenvalue weighted by molar-refractivity contribution is 5.94. The molecule has 0 bridgehead atoms. The summed E-state index contributed by atoms with van der Waals surface area (Å²) in [7, 11) is 0. The molecule has 0 radical (unpaired) electrons. The van der Waals surface area contributed by atoms with Crippen LogP contribution in [0.15, 0.2) is 79.1 Å². The summed E-state index contributed by atoms with van der Waals surface area (Å²) >= 11 is 0. The third-order valence-electron chi connectivity index (χ3n) is 9.87. The molecule has 2 fully saturated rings. The van der Waals surface area contributed by atoms with Crippen LogP contribution in [0.2, 0.25) is 0 Å². The summed E-state index contributed by atoms with van der Waals surface area (Å²) in [6.07, 6.45) is 6.18. The zero-order valence-corrected chi connectivity index (χ0v) is 25.4. The number of pyridine rings is 3. The Morgan fingerprint density at radius 1 is 0.841 bits per heavy atom. The van der Waals surface area contributed by atoms with Gasteiger partial charge in [0.05, 0.1) is 34.5 Å². The highest BCUT2D eigenvalue weighted by Gasteiger charge is 2.69. The molecule has 8 nitrogen and oxygen atoms in total. The third kappa shape index (κ3) is 4.40. The lowest BCUT2D eigenvalue weighted by Crippen LogP contribution is -2.34. The first-order chi connectivity index (χ1) is 21.3. The van der Waals surface area contributed by atoms with E-state index in [4.69, 9.17) is 19.7 Å². The minimum Gasteiger partial charge on any atom is -0.378 e. The molecule has 3 atom stereocenters. The predicted molar refractivity (Wildman–Crippen MR) is 176 cm³/mol. The number of hydrogen-bond acceptors (Lipinski definition) is 7. The molecular weight excluding hydrogens is 546 g/mol. The standard InChI is InChI=1S/C36H35N7O/c1-21-15-26(11-13-37-21)40-25-6-9-30-33(18-25)43-34(42-30)31-10-7-27(19-38-31)41-32-16-22(2)39-29-8-5-24(17-28(29)32)36-12-14-44-23(3)35(36,4)20-36/h5-11,13,15-19,23H,12,14,20H2,1-4H3,(H,37,40)(H,39,41)(H,42,43)/t23-,35?,36-/m0/s1. The first-order valence-corrected chi connectivity index (χ1v) is 15.3. The third-order valence-corrected chi connectivity index (χ3v) is 9.87. The van der Waals surface area contributed by atoms with Crippen LogP contribution in [0.1, 0.15) is 43.6 Å². The van der Waals surface area contributed by atoms with E-state index in [0.717, 1.165) is 80.6 Å². The number of nitrogens with one attached hydrogen (secondary N) is 3. The number of hydrogen-bond donors (Lipinski definition) is 3. The summed E-state index contributed by atoms with van der Waals surface area (Å²) < 4.78 is 6.03. The zero-order chi connectivity index (χ0) is 30.1. The summed E-state index contributed by atoms with van der Waals surface area (Å²) in [6, 6.07) is 23.1. The van der Waals surface area contributed by atoms with Crippen LogP contribution in [0.5, 0.6) is 0 Å². The van der Waals surface area contributed by atoms with Crippen molar-refractivity contribution < 1.29 is 4.74 Å². The summed E-state index contributed by atoms with van der Waals surface area (Å²) in [5.74, 6) is 0.732. The number of rotatable bonds is 6. The van der Waals surface area contributed by atoms with Crippen molar-refractivity contribution in [2.75, 3.05) is 17.2 Å². The Hall–Kier alpha value is -4.82. The molecule has 1 aliphatic carbocycles. The summed E-state index contributed by atoms with van der Waals surface area (Å²) in [6.45, 7) is 9.44. The second-order valence-electron chi connectivity index (χ2n) is 12.7. The summed E-state index contributed by atoms with van der Waals surface area (Å²) in [4.78, 5) is 22.1. The Labute approximate surface area is 256 Å². The van der Waals surface area contributed by atoms with Crippen LogP contribution in [-0.4, -0.2) is 37.6 Å². The second-order valence-corrected chi connectivity index (χ2v) is 12.7. The fourth-order valence-electron chi connectivity index (χ4n) is 7.18. The summed E-state index contributed by atoms with van der Waals surface area (Å²) in [5.41, 5.74) is 11.3. The number of benzene rings is 2. The molecule has 220 valence electrons. The predicted octanol–water partition coefficient (Wildman–Crippen LogP) is 8.13. The van der Waals surface area contributed by atoms with Gasteiger partial charge >= 0.3 is 0 Å². The molecule has 1 saturated heterocycles. The van der Waals surface area contributed by atoms with Gasteiger partial charge in [-0.3, -0.25) is 15.0 Å². The van der Waals surface area contributed by atoms with Gasteiger partial charge in [-0.2, -0.15) is 0 Å². The molecule has 8 heteroatoms. The van der Waals surface area contributed by atoms with Crippen molar-refractivity contribution in [3.63, 3.8) is 0 Å². The highest BCUT2D eigenvalue weighted by Crippen LogP contribution is 2.70. The molecule has 3 N–H and O–H groups in total. The Morgan fingerprint density at radius 3 is 2.52 bits per heavy atom. The number of aromatic nitrogens is 5. The highest BCUT2D eigenvalue weighted by atomic mass is 16.5. The van der Waals surface area contributed by atoms with Crippen molar-refractivity contribution in [1.29, 1.82) is 0 Å². The van der Waals surface area contributed by atoms with Crippen molar-refractivity contribution in [1.82, 2.24) is 24.9 Å². The van der Waals surface area contributed by atoms with Gasteiger partial charge in [0.15, 0.2) is 5.82 Å². The number of aryl methyl sites for hydroxylation is 2. The van der Waals surface area contributed by atoms with Gasteiger partial charge in [0.2, 0.25) is 0 Å². The molecule has 2 aliphatic rings. The van der Waals surface area contributed by atoms with Gasteiger partial charge in [-0.15, -0.1) is 0 Å². The van der Waals surface area contributed by atoms with E-state index in [2.05, 4.69) is 70.8 Å². The van der Waals surface area contributed by atoms with E-state index in [9.17, 15) is 0 Å². The van der Waals surface area contributed by atoms with Crippen molar-refractivity contribution in [3.8, 4) is 11.5 Å². The van der Waals surface area contributed by atoms with Crippen LogP contribution in [0, 0.1) is 19.3 Å². The monoisotopic (exact) mass is 581 g/mol. The average molecular weight is 582 g/mol. The number of ether oxygens (including phenoxy) is 1. The fraction of sp³-hybridized carbons (Fsp3) is 0.278. The molecule has 44 heavy (non-hydrogen) atoms. The van der Waals surface area contributed by atoms with Crippen molar-refractivity contribution in [3.05, 3.63) is 96.1 Å². The largest absolute Gasteiger partial charge is 0.378 e. The molecule has 4 aromatic heterocycles. The van der Waals surface area contributed by atoms with Gasteiger partial charge < -0.3 is 20.4 Å². The second kappa shape index (κ2) is 9.86. The van der Waals surface area contributed by atoms with Crippen LogP contribution >= 0.6 is 0 Å². The molecular formula is C36H35N7O. The molecule has 1 unspecified atom stereocenters. The Bertz CT molecular complexity index is 2050. The molecule has 6 aromatic rings. The van der Waals surface area contributed by atoms with Crippen molar-refractivity contribution in [2.45, 2.75) is 52.1 Å². The van der Waals surface area contributed by atoms with Gasteiger partial charge in [0, 0.05) is 57.5 Å². The van der Waals surface area contributed by atoms with Crippen LogP contribution in [0.3, 0.4) is 0 Å². The fourth-order valence-corrected chi connectivity index (χ4v) is 7.18. The Kier molecular flexibility index (Phi) is 6.00. The van der Waals surface area contributed by atoms with E-state index >= 15 is 0 Å². The van der Waals surface area contributed by atoms with Gasteiger partial charge in [-0.1, -0.05) is 13.0 Å². The number of fused-ring (bicyclic) bond motifs is 3. The maximum atomic E-state index is 6.03. The number of imidazole rings is 1. The van der Waals surface area contributed by atoms with E-state index in [1.807, 2.05) is 50.4 Å². The first-order valence-electron chi connectivity index (χ1n) is 15.3. The number of anilines is 4. The lowest BCUT2D eigenvalue weighted by atomic mass is 9.80. The number of nitrogens with zero attached hydrogens (tertiary/aromatic N) is 4. The normalized spacial score (nSPS) is 22.6. The smallest absolute Gasteiger partial charge is 0.157 e. The molecule has 0 amide bonds. The number of H-pyrrole nitrogens is 1. The van der Waals surface area contributed by atoms with E-state index in [-0.39, 0.29) is 16.9 Å². The van der Waals surface area contributed by atoms with Crippen LogP contribution in [0.4, 0.5) is 22.7 Å². The molecule has 0 spiro atoms. The van der Waals surface area contributed by atoms with Crippen molar-refractivity contribution >= 4 is 44.7 Å². The van der Waals surface area contributed by atoms with Gasteiger partial charge in [-0.25, -0.2) is 4.98 Å². The van der Waals surface area contributed by atoms with E-state index < -0.39 is 0 Å².